The van der Waals surface area contributed by atoms with Crippen molar-refractivity contribution in [1.29, 1.82) is 0 Å². The lowest BCUT2D eigenvalue weighted by atomic mass is 9.86. The van der Waals surface area contributed by atoms with E-state index in [9.17, 15) is 9.59 Å². The number of amides is 2. The normalized spacial score (nSPS) is 12.5. The summed E-state index contributed by atoms with van der Waals surface area (Å²) >= 11 is 1.35. The molecule has 5 nitrogen and oxygen atoms in total. The van der Waals surface area contributed by atoms with Gasteiger partial charge in [-0.05, 0) is 36.5 Å². The molecule has 6 heteroatoms. The van der Waals surface area contributed by atoms with Gasteiger partial charge in [-0.2, -0.15) is 0 Å². The second-order valence-corrected chi connectivity index (χ2v) is 8.30. The van der Waals surface area contributed by atoms with Crippen molar-refractivity contribution >= 4 is 28.3 Å². The summed E-state index contributed by atoms with van der Waals surface area (Å²) in [6.45, 7) is 10.4. The molecule has 2 aromatic rings. The number of carbonyl (C=O) groups excluding carboxylic acids is 2. The van der Waals surface area contributed by atoms with Crippen LogP contribution in [0, 0.1) is 0 Å². The Balaban J connectivity index is 2.15. The Labute approximate surface area is 159 Å². The van der Waals surface area contributed by atoms with Crippen molar-refractivity contribution in [2.75, 3.05) is 11.9 Å². The Bertz CT molecular complexity index is 733. The first-order valence-corrected chi connectivity index (χ1v) is 9.71. The zero-order valence-electron chi connectivity index (χ0n) is 16.1. The van der Waals surface area contributed by atoms with E-state index < -0.39 is 0 Å². The highest BCUT2D eigenvalue weighted by Crippen LogP contribution is 2.23. The lowest BCUT2D eigenvalue weighted by molar-refractivity contribution is -0.117. The summed E-state index contributed by atoms with van der Waals surface area (Å²) in [5, 5.41) is 5.08. The molecule has 0 spiro atoms. The minimum absolute atomic E-state index is 0.00838. The fourth-order valence-electron chi connectivity index (χ4n) is 2.53. The van der Waals surface area contributed by atoms with Gasteiger partial charge in [-0.15, -0.1) is 11.3 Å². The van der Waals surface area contributed by atoms with Crippen LogP contribution in [0.3, 0.4) is 0 Å². The van der Waals surface area contributed by atoms with Crippen molar-refractivity contribution < 1.29 is 9.59 Å². The third-order valence-corrected chi connectivity index (χ3v) is 5.06. The fourth-order valence-corrected chi connectivity index (χ4v) is 3.07. The van der Waals surface area contributed by atoms with Crippen LogP contribution in [-0.4, -0.2) is 34.3 Å². The molecule has 0 aliphatic carbocycles. The van der Waals surface area contributed by atoms with Crippen molar-refractivity contribution in [2.24, 2.45) is 0 Å². The predicted molar refractivity (Wildman–Crippen MR) is 107 cm³/mol. The van der Waals surface area contributed by atoms with Crippen LogP contribution in [0.5, 0.6) is 0 Å². The quantitative estimate of drug-likeness (QED) is 0.820. The Morgan fingerprint density at radius 2 is 1.88 bits per heavy atom. The lowest BCUT2D eigenvalue weighted by Gasteiger charge is -2.28. The largest absolute Gasteiger partial charge is 0.327 e. The number of anilines is 1. The van der Waals surface area contributed by atoms with E-state index in [0.29, 0.717) is 10.7 Å². The zero-order chi connectivity index (χ0) is 19.3. The second-order valence-electron chi connectivity index (χ2n) is 7.40. The van der Waals surface area contributed by atoms with Crippen LogP contribution in [-0.2, 0) is 10.2 Å². The standard InChI is InChI=1S/C20H27N3O2S/c1-6-14(2)23(13-17(24)22-19-21-11-12-26-19)18(25)15-7-9-16(10-8-15)20(3,4)5/h7-12,14H,6,13H2,1-5H3,(H,21,22,24). The maximum Gasteiger partial charge on any atom is 0.254 e. The van der Waals surface area contributed by atoms with E-state index >= 15 is 0 Å². The number of benzene rings is 1. The van der Waals surface area contributed by atoms with E-state index in [1.165, 1.54) is 16.9 Å². The number of nitrogens with zero attached hydrogens (tertiary/aromatic N) is 2. The Hall–Kier alpha value is -2.21. The minimum atomic E-state index is -0.236. The van der Waals surface area contributed by atoms with E-state index in [2.05, 4.69) is 31.1 Å². The van der Waals surface area contributed by atoms with Crippen LogP contribution in [0.2, 0.25) is 0 Å². The summed E-state index contributed by atoms with van der Waals surface area (Å²) in [5.41, 5.74) is 1.80. The summed E-state index contributed by atoms with van der Waals surface area (Å²) in [4.78, 5) is 31.0. The van der Waals surface area contributed by atoms with E-state index in [-0.39, 0.29) is 29.8 Å². The highest BCUT2D eigenvalue weighted by atomic mass is 32.1. The molecule has 0 fully saturated rings. The molecule has 2 amide bonds. The average Bonchev–Trinajstić information content (AvgIpc) is 3.10. The molecule has 2 rings (SSSR count). The molecular formula is C20H27N3O2S. The molecule has 0 aliphatic rings. The van der Waals surface area contributed by atoms with Crippen molar-refractivity contribution in [3.05, 3.63) is 47.0 Å². The molecule has 1 aromatic heterocycles. The molecule has 0 saturated carbocycles. The van der Waals surface area contributed by atoms with Gasteiger partial charge in [0, 0.05) is 23.2 Å². The molecule has 26 heavy (non-hydrogen) atoms. The van der Waals surface area contributed by atoms with E-state index in [0.717, 1.165) is 6.42 Å². The van der Waals surface area contributed by atoms with Crippen LogP contribution in [0.1, 0.15) is 57.0 Å². The number of rotatable bonds is 6. The van der Waals surface area contributed by atoms with E-state index in [1.807, 2.05) is 38.1 Å². The summed E-state index contributed by atoms with van der Waals surface area (Å²) in [6.07, 6.45) is 2.41. The lowest BCUT2D eigenvalue weighted by Crippen LogP contribution is -2.43. The van der Waals surface area contributed by atoms with Crippen molar-refractivity contribution in [1.82, 2.24) is 9.88 Å². The SMILES string of the molecule is CCC(C)N(CC(=O)Nc1nccs1)C(=O)c1ccc(C(C)(C)C)cc1. The Morgan fingerprint density at radius 1 is 1.23 bits per heavy atom. The molecule has 1 heterocycles. The maximum atomic E-state index is 13.0. The average molecular weight is 374 g/mol. The van der Waals surface area contributed by atoms with Gasteiger partial charge in [-0.25, -0.2) is 4.98 Å². The third kappa shape index (κ3) is 5.14. The molecular weight excluding hydrogens is 346 g/mol. The molecule has 1 atom stereocenters. The van der Waals surface area contributed by atoms with Gasteiger partial charge in [0.25, 0.3) is 5.91 Å². The van der Waals surface area contributed by atoms with Crippen LogP contribution >= 0.6 is 11.3 Å². The minimum Gasteiger partial charge on any atom is -0.327 e. The third-order valence-electron chi connectivity index (χ3n) is 4.37. The number of nitrogens with one attached hydrogen (secondary N) is 1. The molecule has 0 bridgehead atoms. The van der Waals surface area contributed by atoms with Crippen LogP contribution < -0.4 is 5.32 Å². The predicted octanol–water partition coefficient (Wildman–Crippen LogP) is 4.32. The molecule has 0 aliphatic heterocycles. The topological polar surface area (TPSA) is 62.3 Å². The summed E-state index contributed by atoms with van der Waals surface area (Å²) in [5.74, 6) is -0.367. The van der Waals surface area contributed by atoms with E-state index in [4.69, 9.17) is 0 Å². The van der Waals surface area contributed by atoms with Crippen molar-refractivity contribution in [3.63, 3.8) is 0 Å². The first-order chi connectivity index (χ1) is 12.2. The number of carbonyl (C=O) groups is 2. The van der Waals surface area contributed by atoms with Gasteiger partial charge >= 0.3 is 0 Å². The number of aromatic nitrogens is 1. The molecule has 140 valence electrons. The number of hydrogen-bond acceptors (Lipinski definition) is 4. The molecule has 0 saturated heterocycles. The van der Waals surface area contributed by atoms with Gasteiger partial charge in [0.1, 0.15) is 6.54 Å². The van der Waals surface area contributed by atoms with Crippen LogP contribution in [0.25, 0.3) is 0 Å². The summed E-state index contributed by atoms with van der Waals surface area (Å²) in [7, 11) is 0. The summed E-state index contributed by atoms with van der Waals surface area (Å²) in [6, 6.07) is 7.62. The van der Waals surface area contributed by atoms with Gasteiger partial charge in [0.15, 0.2) is 5.13 Å². The molecule has 1 unspecified atom stereocenters. The van der Waals surface area contributed by atoms with Gasteiger partial charge in [0.2, 0.25) is 5.91 Å². The van der Waals surface area contributed by atoms with Gasteiger partial charge in [0.05, 0.1) is 0 Å². The smallest absolute Gasteiger partial charge is 0.254 e. The molecule has 1 N–H and O–H groups in total. The first kappa shape index (κ1) is 20.1. The summed E-state index contributed by atoms with van der Waals surface area (Å²) < 4.78 is 0. The Kier molecular flexibility index (Phi) is 6.53. The van der Waals surface area contributed by atoms with Gasteiger partial charge < -0.3 is 10.2 Å². The van der Waals surface area contributed by atoms with E-state index in [1.54, 1.807) is 16.5 Å². The first-order valence-electron chi connectivity index (χ1n) is 8.83. The monoisotopic (exact) mass is 373 g/mol. The molecule has 0 radical (unpaired) electrons. The van der Waals surface area contributed by atoms with Gasteiger partial charge in [-0.3, -0.25) is 9.59 Å². The van der Waals surface area contributed by atoms with Gasteiger partial charge in [-0.1, -0.05) is 39.8 Å². The number of thiazole rings is 1. The highest BCUT2D eigenvalue weighted by Gasteiger charge is 2.24. The highest BCUT2D eigenvalue weighted by molar-refractivity contribution is 7.13. The number of hydrogen-bond donors (Lipinski definition) is 1. The maximum absolute atomic E-state index is 13.0. The van der Waals surface area contributed by atoms with Crippen LogP contribution in [0.4, 0.5) is 5.13 Å². The van der Waals surface area contributed by atoms with Crippen molar-refractivity contribution in [2.45, 2.75) is 52.5 Å². The Morgan fingerprint density at radius 3 is 2.38 bits per heavy atom. The van der Waals surface area contributed by atoms with Crippen molar-refractivity contribution in [3.8, 4) is 0 Å². The molecule has 1 aromatic carbocycles. The second kappa shape index (κ2) is 8.45. The van der Waals surface area contributed by atoms with Crippen LogP contribution in [0.15, 0.2) is 35.8 Å². The fraction of sp³-hybridized carbons (Fsp3) is 0.450. The zero-order valence-corrected chi connectivity index (χ0v) is 16.9.